The highest BCUT2D eigenvalue weighted by Crippen LogP contribution is 2.04. The summed E-state index contributed by atoms with van der Waals surface area (Å²) in [6, 6.07) is 0. The van der Waals surface area contributed by atoms with Crippen LogP contribution >= 0.6 is 11.8 Å². The molecule has 0 saturated heterocycles. The third kappa shape index (κ3) is 3.77. The number of carbonyl (C=O) groups excluding carboxylic acids is 1. The fraction of sp³-hybridized carbons (Fsp3) is 0.857. The summed E-state index contributed by atoms with van der Waals surface area (Å²) in [7, 11) is 0. The van der Waals surface area contributed by atoms with Crippen molar-refractivity contribution in [3.63, 3.8) is 0 Å². The number of hydrogen-bond donors (Lipinski definition) is 0. The summed E-state index contributed by atoms with van der Waals surface area (Å²) in [4.78, 5) is 10.9. The minimum absolute atomic E-state index is 0.0483. The molecule has 0 aromatic carbocycles. The van der Waals surface area contributed by atoms with Gasteiger partial charge in [-0.15, -0.1) is 11.8 Å². The monoisotopic (exact) mass is 162 g/mol. The highest BCUT2D eigenvalue weighted by molar-refractivity contribution is 7.98. The van der Waals surface area contributed by atoms with Crippen LogP contribution in [0.5, 0.6) is 0 Å². The van der Waals surface area contributed by atoms with Gasteiger partial charge in [0.25, 0.3) is 0 Å². The minimum Gasteiger partial charge on any atom is -0.454 e. The average molecular weight is 162 g/mol. The van der Waals surface area contributed by atoms with Crippen LogP contribution in [-0.4, -0.2) is 18.2 Å². The van der Waals surface area contributed by atoms with E-state index in [9.17, 15) is 4.79 Å². The molecule has 0 heterocycles. The first kappa shape index (κ1) is 9.82. The van der Waals surface area contributed by atoms with Gasteiger partial charge in [0.05, 0.1) is 5.92 Å². The predicted molar refractivity (Wildman–Crippen MR) is 43.9 cm³/mol. The SMILES string of the molecule is CCC(C)C(=O)OCSC. The molecule has 1 atom stereocenters. The number of esters is 1. The Balaban J connectivity index is 3.42. The first-order chi connectivity index (χ1) is 4.72. The minimum atomic E-state index is -0.0862. The molecule has 0 saturated carbocycles. The summed E-state index contributed by atoms with van der Waals surface area (Å²) < 4.78 is 4.87. The highest BCUT2D eigenvalue weighted by atomic mass is 32.2. The molecule has 10 heavy (non-hydrogen) atoms. The van der Waals surface area contributed by atoms with Crippen LogP contribution in [0.4, 0.5) is 0 Å². The second kappa shape index (κ2) is 5.59. The van der Waals surface area contributed by atoms with E-state index in [-0.39, 0.29) is 11.9 Å². The molecule has 3 heteroatoms. The van der Waals surface area contributed by atoms with Crippen LogP contribution in [0.1, 0.15) is 20.3 Å². The second-order valence-electron chi connectivity index (χ2n) is 2.18. The molecule has 0 aliphatic heterocycles. The van der Waals surface area contributed by atoms with Crippen LogP contribution in [0.2, 0.25) is 0 Å². The Morgan fingerprint density at radius 1 is 1.70 bits per heavy atom. The van der Waals surface area contributed by atoms with E-state index in [4.69, 9.17) is 4.74 Å². The van der Waals surface area contributed by atoms with E-state index in [0.29, 0.717) is 5.94 Å². The standard InChI is InChI=1S/C7H14O2S/c1-4-6(2)7(8)9-5-10-3/h6H,4-5H2,1-3H3. The molecule has 0 aromatic heterocycles. The van der Waals surface area contributed by atoms with E-state index in [1.165, 1.54) is 11.8 Å². The first-order valence-corrected chi connectivity index (χ1v) is 4.77. The lowest BCUT2D eigenvalue weighted by atomic mass is 10.1. The van der Waals surface area contributed by atoms with Crippen LogP contribution in [0.25, 0.3) is 0 Å². The maximum absolute atomic E-state index is 10.9. The zero-order chi connectivity index (χ0) is 7.98. The quantitative estimate of drug-likeness (QED) is 0.466. The van der Waals surface area contributed by atoms with Gasteiger partial charge in [0.2, 0.25) is 0 Å². The molecule has 0 rings (SSSR count). The number of rotatable bonds is 4. The Kier molecular flexibility index (Phi) is 5.49. The molecule has 0 amide bonds. The van der Waals surface area contributed by atoms with Crippen LogP contribution in [0.3, 0.4) is 0 Å². The van der Waals surface area contributed by atoms with E-state index in [1.54, 1.807) is 0 Å². The van der Waals surface area contributed by atoms with Gasteiger partial charge in [0.1, 0.15) is 5.94 Å². The summed E-state index contributed by atoms with van der Waals surface area (Å²) in [6.07, 6.45) is 2.76. The van der Waals surface area contributed by atoms with Crippen molar-refractivity contribution in [1.29, 1.82) is 0 Å². The van der Waals surface area contributed by atoms with E-state index >= 15 is 0 Å². The summed E-state index contributed by atoms with van der Waals surface area (Å²) in [5.74, 6) is 0.437. The maximum atomic E-state index is 10.9. The molecule has 0 fully saturated rings. The normalized spacial score (nSPS) is 12.7. The topological polar surface area (TPSA) is 26.3 Å². The van der Waals surface area contributed by atoms with Crippen molar-refractivity contribution >= 4 is 17.7 Å². The largest absolute Gasteiger partial charge is 0.454 e. The van der Waals surface area contributed by atoms with Gasteiger partial charge in [0.15, 0.2) is 0 Å². The number of ether oxygens (including phenoxy) is 1. The molecule has 1 unspecified atom stereocenters. The fourth-order valence-electron chi connectivity index (χ4n) is 0.426. The summed E-state index contributed by atoms with van der Waals surface area (Å²) in [5, 5.41) is 0. The molecule has 60 valence electrons. The molecule has 0 spiro atoms. The zero-order valence-electron chi connectivity index (χ0n) is 6.72. The van der Waals surface area contributed by atoms with Crippen LogP contribution in [0.15, 0.2) is 0 Å². The van der Waals surface area contributed by atoms with Gasteiger partial charge in [-0.05, 0) is 12.7 Å². The van der Waals surface area contributed by atoms with Crippen molar-refractivity contribution in [1.82, 2.24) is 0 Å². The van der Waals surface area contributed by atoms with Gasteiger partial charge >= 0.3 is 5.97 Å². The van der Waals surface area contributed by atoms with Crippen molar-refractivity contribution in [2.75, 3.05) is 12.2 Å². The van der Waals surface area contributed by atoms with E-state index < -0.39 is 0 Å². The van der Waals surface area contributed by atoms with E-state index in [2.05, 4.69) is 0 Å². The smallest absolute Gasteiger partial charge is 0.309 e. The molecule has 0 aromatic rings. The number of thioether (sulfide) groups is 1. The van der Waals surface area contributed by atoms with Crippen LogP contribution in [-0.2, 0) is 9.53 Å². The van der Waals surface area contributed by atoms with Crippen LogP contribution in [0, 0.1) is 5.92 Å². The second-order valence-corrected chi connectivity index (χ2v) is 2.99. The number of carbonyl (C=O) groups is 1. The molecule has 0 aliphatic rings. The molecule has 0 N–H and O–H groups in total. The molecular weight excluding hydrogens is 148 g/mol. The number of hydrogen-bond acceptors (Lipinski definition) is 3. The van der Waals surface area contributed by atoms with Crippen LogP contribution < -0.4 is 0 Å². The summed E-state index contributed by atoms with van der Waals surface area (Å²) in [5.41, 5.74) is 0. The van der Waals surface area contributed by atoms with Gasteiger partial charge < -0.3 is 4.74 Å². The van der Waals surface area contributed by atoms with E-state index in [1.807, 2.05) is 20.1 Å². The fourth-order valence-corrected chi connectivity index (χ4v) is 0.660. The Morgan fingerprint density at radius 3 is 2.70 bits per heavy atom. The van der Waals surface area contributed by atoms with E-state index in [0.717, 1.165) is 6.42 Å². The third-order valence-electron chi connectivity index (χ3n) is 1.33. The van der Waals surface area contributed by atoms with Gasteiger partial charge in [-0.25, -0.2) is 0 Å². The summed E-state index contributed by atoms with van der Waals surface area (Å²) in [6.45, 7) is 3.85. The third-order valence-corrected chi connectivity index (χ3v) is 1.69. The summed E-state index contributed by atoms with van der Waals surface area (Å²) >= 11 is 1.51. The average Bonchev–Trinajstić information content (AvgIpc) is 1.98. The Labute approximate surface area is 66.3 Å². The Hall–Kier alpha value is -0.180. The lowest BCUT2D eigenvalue weighted by Crippen LogP contribution is -2.13. The zero-order valence-corrected chi connectivity index (χ0v) is 7.53. The molecule has 0 bridgehead atoms. The van der Waals surface area contributed by atoms with Crippen molar-refractivity contribution in [3.05, 3.63) is 0 Å². The van der Waals surface area contributed by atoms with Crippen molar-refractivity contribution < 1.29 is 9.53 Å². The first-order valence-electron chi connectivity index (χ1n) is 3.38. The lowest BCUT2D eigenvalue weighted by Gasteiger charge is -2.06. The van der Waals surface area contributed by atoms with Gasteiger partial charge in [0, 0.05) is 0 Å². The molecule has 0 aliphatic carbocycles. The van der Waals surface area contributed by atoms with Gasteiger partial charge in [-0.2, -0.15) is 0 Å². The van der Waals surface area contributed by atoms with Crippen molar-refractivity contribution in [3.8, 4) is 0 Å². The Bertz CT molecular complexity index is 104. The van der Waals surface area contributed by atoms with Gasteiger partial charge in [-0.1, -0.05) is 13.8 Å². The van der Waals surface area contributed by atoms with Crippen molar-refractivity contribution in [2.45, 2.75) is 20.3 Å². The molecule has 2 nitrogen and oxygen atoms in total. The Morgan fingerprint density at radius 2 is 2.30 bits per heavy atom. The lowest BCUT2D eigenvalue weighted by molar-refractivity contribution is -0.145. The highest BCUT2D eigenvalue weighted by Gasteiger charge is 2.10. The molecular formula is C7H14O2S. The van der Waals surface area contributed by atoms with Gasteiger partial charge in [-0.3, -0.25) is 4.79 Å². The maximum Gasteiger partial charge on any atom is 0.309 e. The molecule has 0 radical (unpaired) electrons. The van der Waals surface area contributed by atoms with Crippen molar-refractivity contribution in [2.24, 2.45) is 5.92 Å². The predicted octanol–water partition coefficient (Wildman–Crippen LogP) is 1.90.